The van der Waals surface area contributed by atoms with E-state index in [4.69, 9.17) is 4.74 Å². The Hall–Kier alpha value is -0.120. The minimum absolute atomic E-state index is 0.112. The predicted molar refractivity (Wildman–Crippen MR) is 73.7 cm³/mol. The SMILES string of the molecule is CC(C)(C(O)C1CCCCCC1)N1CCOCC1. The fourth-order valence-corrected chi connectivity index (χ4v) is 3.53. The van der Waals surface area contributed by atoms with Crippen LogP contribution in [0.25, 0.3) is 0 Å². The molecule has 0 spiro atoms. The molecular weight excluding hydrogens is 226 g/mol. The first kappa shape index (κ1) is 14.3. The highest BCUT2D eigenvalue weighted by Crippen LogP contribution is 2.33. The molecule has 3 nitrogen and oxygen atoms in total. The summed E-state index contributed by atoms with van der Waals surface area (Å²) in [4.78, 5) is 2.41. The van der Waals surface area contributed by atoms with Crippen LogP contribution >= 0.6 is 0 Å². The number of ether oxygens (including phenoxy) is 1. The summed E-state index contributed by atoms with van der Waals surface area (Å²) in [5, 5.41) is 10.8. The van der Waals surface area contributed by atoms with E-state index in [1.165, 1.54) is 38.5 Å². The fraction of sp³-hybridized carbons (Fsp3) is 1.00. The largest absolute Gasteiger partial charge is 0.391 e. The van der Waals surface area contributed by atoms with E-state index in [0.717, 1.165) is 26.3 Å². The molecule has 1 saturated heterocycles. The van der Waals surface area contributed by atoms with E-state index in [0.29, 0.717) is 5.92 Å². The van der Waals surface area contributed by atoms with Gasteiger partial charge in [0.1, 0.15) is 0 Å². The third-order valence-electron chi connectivity index (χ3n) is 4.90. The number of morpholine rings is 1. The second-order valence-corrected chi connectivity index (χ2v) is 6.45. The van der Waals surface area contributed by atoms with E-state index in [2.05, 4.69) is 18.7 Å². The highest BCUT2D eigenvalue weighted by atomic mass is 16.5. The van der Waals surface area contributed by atoms with Crippen LogP contribution in [0.2, 0.25) is 0 Å². The van der Waals surface area contributed by atoms with Crippen molar-refractivity contribution < 1.29 is 9.84 Å². The van der Waals surface area contributed by atoms with Crippen molar-refractivity contribution in [2.75, 3.05) is 26.3 Å². The zero-order valence-electron chi connectivity index (χ0n) is 12.0. The number of rotatable bonds is 3. The molecule has 1 aliphatic heterocycles. The number of nitrogens with zero attached hydrogens (tertiary/aromatic N) is 1. The van der Waals surface area contributed by atoms with Crippen LogP contribution in [0.4, 0.5) is 0 Å². The van der Waals surface area contributed by atoms with Crippen LogP contribution in [-0.4, -0.2) is 48.0 Å². The maximum absolute atomic E-state index is 10.8. The molecule has 0 aromatic heterocycles. The maximum Gasteiger partial charge on any atom is 0.0746 e. The molecule has 0 amide bonds. The molecule has 0 bridgehead atoms. The van der Waals surface area contributed by atoms with Crippen LogP contribution in [0.5, 0.6) is 0 Å². The lowest BCUT2D eigenvalue weighted by Gasteiger charge is -2.46. The smallest absolute Gasteiger partial charge is 0.0746 e. The van der Waals surface area contributed by atoms with E-state index in [-0.39, 0.29) is 11.6 Å². The summed E-state index contributed by atoms with van der Waals surface area (Å²) >= 11 is 0. The summed E-state index contributed by atoms with van der Waals surface area (Å²) in [6.45, 7) is 7.93. The van der Waals surface area contributed by atoms with Gasteiger partial charge in [0.25, 0.3) is 0 Å². The first-order chi connectivity index (χ1) is 8.62. The van der Waals surface area contributed by atoms with Crippen LogP contribution in [0.15, 0.2) is 0 Å². The molecule has 2 aliphatic rings. The molecule has 0 radical (unpaired) electrons. The summed E-state index contributed by atoms with van der Waals surface area (Å²) < 4.78 is 5.42. The topological polar surface area (TPSA) is 32.7 Å². The Morgan fingerprint density at radius 1 is 1.06 bits per heavy atom. The Bertz CT molecular complexity index is 241. The molecule has 1 heterocycles. The van der Waals surface area contributed by atoms with Gasteiger partial charge >= 0.3 is 0 Å². The first-order valence-corrected chi connectivity index (χ1v) is 7.63. The van der Waals surface area contributed by atoms with Gasteiger partial charge in [0.2, 0.25) is 0 Å². The molecule has 18 heavy (non-hydrogen) atoms. The number of hydrogen-bond donors (Lipinski definition) is 1. The van der Waals surface area contributed by atoms with Gasteiger partial charge in [-0.1, -0.05) is 25.7 Å². The van der Waals surface area contributed by atoms with Gasteiger partial charge in [-0.2, -0.15) is 0 Å². The van der Waals surface area contributed by atoms with Crippen LogP contribution in [0, 0.1) is 5.92 Å². The molecular formula is C15H29NO2. The molecule has 2 rings (SSSR count). The van der Waals surface area contributed by atoms with Gasteiger partial charge in [-0.15, -0.1) is 0 Å². The molecule has 1 saturated carbocycles. The van der Waals surface area contributed by atoms with Crippen LogP contribution in [-0.2, 0) is 4.74 Å². The molecule has 106 valence electrons. The van der Waals surface area contributed by atoms with Gasteiger partial charge in [0.15, 0.2) is 0 Å². The second-order valence-electron chi connectivity index (χ2n) is 6.45. The summed E-state index contributed by atoms with van der Waals surface area (Å²) in [6.07, 6.45) is 7.49. The molecule has 1 N–H and O–H groups in total. The normalized spacial score (nSPS) is 26.8. The van der Waals surface area contributed by atoms with Gasteiger partial charge in [0, 0.05) is 18.6 Å². The van der Waals surface area contributed by atoms with E-state index < -0.39 is 0 Å². The van der Waals surface area contributed by atoms with Gasteiger partial charge < -0.3 is 9.84 Å². The first-order valence-electron chi connectivity index (χ1n) is 7.63. The molecule has 1 unspecified atom stereocenters. The predicted octanol–water partition coefficient (Wildman–Crippen LogP) is 2.43. The molecule has 3 heteroatoms. The maximum atomic E-state index is 10.8. The third-order valence-corrected chi connectivity index (χ3v) is 4.90. The number of aliphatic hydroxyl groups excluding tert-OH is 1. The summed E-state index contributed by atoms with van der Waals surface area (Å²) in [5.41, 5.74) is -0.112. The van der Waals surface area contributed by atoms with Gasteiger partial charge in [0.05, 0.1) is 19.3 Å². The Morgan fingerprint density at radius 2 is 1.61 bits per heavy atom. The highest BCUT2D eigenvalue weighted by molar-refractivity contribution is 4.93. The molecule has 0 aromatic carbocycles. The average Bonchev–Trinajstić information content (AvgIpc) is 2.67. The standard InChI is InChI=1S/C15H29NO2/c1-15(2,16-9-11-18-12-10-16)14(17)13-7-5-3-4-6-8-13/h13-14,17H,3-12H2,1-2H3. The van der Waals surface area contributed by atoms with Crippen molar-refractivity contribution in [2.45, 2.75) is 64.0 Å². The molecule has 2 fully saturated rings. The molecule has 1 aliphatic carbocycles. The lowest BCUT2D eigenvalue weighted by Crippen LogP contribution is -2.58. The van der Waals surface area contributed by atoms with Crippen LogP contribution in [0.3, 0.4) is 0 Å². The van der Waals surface area contributed by atoms with Crippen LogP contribution in [0.1, 0.15) is 52.4 Å². The van der Waals surface area contributed by atoms with Gasteiger partial charge in [-0.3, -0.25) is 4.90 Å². The van der Waals surface area contributed by atoms with Gasteiger partial charge in [-0.25, -0.2) is 0 Å². The Morgan fingerprint density at radius 3 is 2.17 bits per heavy atom. The molecule has 0 aromatic rings. The Balaban J connectivity index is 1.97. The fourth-order valence-electron chi connectivity index (χ4n) is 3.53. The average molecular weight is 255 g/mol. The lowest BCUT2D eigenvalue weighted by molar-refractivity contribution is -0.0822. The van der Waals surface area contributed by atoms with Crippen molar-refractivity contribution in [3.8, 4) is 0 Å². The summed E-state index contributed by atoms with van der Waals surface area (Å²) in [6, 6.07) is 0. The lowest BCUT2D eigenvalue weighted by atomic mass is 9.81. The highest BCUT2D eigenvalue weighted by Gasteiger charge is 2.39. The monoisotopic (exact) mass is 255 g/mol. The van der Waals surface area contributed by atoms with E-state index >= 15 is 0 Å². The minimum atomic E-state index is -0.200. The summed E-state index contributed by atoms with van der Waals surface area (Å²) in [5.74, 6) is 0.491. The quantitative estimate of drug-likeness (QED) is 0.786. The molecule has 1 atom stereocenters. The number of hydrogen-bond acceptors (Lipinski definition) is 3. The van der Waals surface area contributed by atoms with E-state index in [1.807, 2.05) is 0 Å². The van der Waals surface area contributed by atoms with Crippen molar-refractivity contribution in [2.24, 2.45) is 5.92 Å². The van der Waals surface area contributed by atoms with E-state index in [9.17, 15) is 5.11 Å². The van der Waals surface area contributed by atoms with Crippen molar-refractivity contribution >= 4 is 0 Å². The third kappa shape index (κ3) is 3.25. The zero-order valence-corrected chi connectivity index (χ0v) is 12.0. The van der Waals surface area contributed by atoms with Crippen molar-refractivity contribution in [3.63, 3.8) is 0 Å². The zero-order chi connectivity index (χ0) is 13.0. The van der Waals surface area contributed by atoms with Crippen LogP contribution < -0.4 is 0 Å². The van der Waals surface area contributed by atoms with Crippen molar-refractivity contribution in [1.29, 1.82) is 0 Å². The second kappa shape index (κ2) is 6.36. The van der Waals surface area contributed by atoms with Crippen molar-refractivity contribution in [3.05, 3.63) is 0 Å². The Kier molecular flexibility index (Phi) is 5.05. The summed E-state index contributed by atoms with van der Waals surface area (Å²) in [7, 11) is 0. The minimum Gasteiger partial charge on any atom is -0.391 e. The van der Waals surface area contributed by atoms with Gasteiger partial charge in [-0.05, 0) is 32.6 Å². The van der Waals surface area contributed by atoms with E-state index in [1.54, 1.807) is 0 Å². The van der Waals surface area contributed by atoms with Crippen molar-refractivity contribution in [1.82, 2.24) is 4.90 Å². The number of aliphatic hydroxyl groups is 1. The Labute approximate surface area is 112 Å².